The molecule has 0 radical (unpaired) electrons. The minimum Gasteiger partial charge on any atom is -0.464 e. The topological polar surface area (TPSA) is 122 Å². The van der Waals surface area contributed by atoms with Crippen LogP contribution in [0.5, 0.6) is 0 Å². The normalized spacial score (nSPS) is 10.8. The number of methoxy groups -OCH3 is 2. The number of rotatable bonds is 4. The average molecular weight is 417 g/mol. The Bertz CT molecular complexity index is 1370. The van der Waals surface area contributed by atoms with E-state index in [4.69, 9.17) is 9.47 Å². The Morgan fingerprint density at radius 1 is 0.839 bits per heavy atom. The molecule has 0 aliphatic heterocycles. The summed E-state index contributed by atoms with van der Waals surface area (Å²) in [5.74, 6) is -1.25. The zero-order valence-corrected chi connectivity index (χ0v) is 16.5. The number of aromatic nitrogens is 2. The summed E-state index contributed by atoms with van der Waals surface area (Å²) in [6.45, 7) is 0. The van der Waals surface area contributed by atoms with Gasteiger partial charge in [-0.05, 0) is 35.4 Å². The Labute approximate surface area is 175 Å². The second-order valence-corrected chi connectivity index (χ2v) is 6.57. The summed E-state index contributed by atoms with van der Waals surface area (Å²) in [5, 5.41) is 12.4. The first-order valence-corrected chi connectivity index (χ1v) is 9.09. The number of ether oxygens (including phenoxy) is 2. The molecule has 0 atom stereocenters. The number of nitro groups is 1. The van der Waals surface area contributed by atoms with E-state index in [9.17, 15) is 19.7 Å². The first-order chi connectivity index (χ1) is 14.9. The molecule has 9 nitrogen and oxygen atoms in total. The van der Waals surface area contributed by atoms with Crippen molar-refractivity contribution in [2.45, 2.75) is 0 Å². The Morgan fingerprint density at radius 3 is 2.10 bits per heavy atom. The number of hydrogen-bond acceptors (Lipinski definition) is 8. The second-order valence-electron chi connectivity index (χ2n) is 6.57. The van der Waals surface area contributed by atoms with Crippen molar-refractivity contribution in [3.8, 4) is 11.1 Å². The van der Waals surface area contributed by atoms with E-state index in [1.54, 1.807) is 30.3 Å². The van der Waals surface area contributed by atoms with Gasteiger partial charge >= 0.3 is 11.9 Å². The highest BCUT2D eigenvalue weighted by Gasteiger charge is 2.18. The zero-order valence-electron chi connectivity index (χ0n) is 16.5. The lowest BCUT2D eigenvalue weighted by molar-refractivity contribution is -0.384. The molecule has 0 bridgehead atoms. The maximum absolute atomic E-state index is 12.3. The van der Waals surface area contributed by atoms with Crippen LogP contribution in [-0.4, -0.2) is 41.0 Å². The van der Waals surface area contributed by atoms with Crippen molar-refractivity contribution in [2.24, 2.45) is 0 Å². The van der Waals surface area contributed by atoms with Crippen molar-refractivity contribution >= 4 is 39.4 Å². The number of hydrogen-bond donors (Lipinski definition) is 0. The van der Waals surface area contributed by atoms with Crippen LogP contribution in [0.15, 0.2) is 54.6 Å². The summed E-state index contributed by atoms with van der Waals surface area (Å²) in [5.41, 5.74) is 2.16. The lowest BCUT2D eigenvalue weighted by Crippen LogP contribution is -2.07. The van der Waals surface area contributed by atoms with E-state index in [0.29, 0.717) is 32.9 Å². The van der Waals surface area contributed by atoms with Gasteiger partial charge in [-0.2, -0.15) is 0 Å². The molecule has 0 saturated heterocycles. The molecule has 4 rings (SSSR count). The molecule has 4 aromatic rings. The van der Waals surface area contributed by atoms with Gasteiger partial charge in [0.2, 0.25) is 0 Å². The largest absolute Gasteiger partial charge is 0.464 e. The van der Waals surface area contributed by atoms with Crippen molar-refractivity contribution in [3.63, 3.8) is 0 Å². The minimum absolute atomic E-state index is 0.0427. The molecule has 0 spiro atoms. The minimum atomic E-state index is -0.647. The van der Waals surface area contributed by atoms with Gasteiger partial charge in [0.15, 0.2) is 0 Å². The summed E-state index contributed by atoms with van der Waals surface area (Å²) in [6.07, 6.45) is 0. The molecule has 0 fully saturated rings. The number of non-ortho nitro benzene ring substituents is 1. The third-order valence-electron chi connectivity index (χ3n) is 4.82. The van der Waals surface area contributed by atoms with Gasteiger partial charge in [0.1, 0.15) is 11.4 Å². The molecular formula is C22H15N3O6. The lowest BCUT2D eigenvalue weighted by atomic mass is 9.98. The molecule has 0 N–H and O–H groups in total. The molecule has 154 valence electrons. The van der Waals surface area contributed by atoms with E-state index in [2.05, 4.69) is 9.97 Å². The molecule has 2 aromatic heterocycles. The van der Waals surface area contributed by atoms with E-state index in [1.165, 1.54) is 26.4 Å². The van der Waals surface area contributed by atoms with Gasteiger partial charge in [-0.3, -0.25) is 10.1 Å². The third kappa shape index (κ3) is 3.52. The average Bonchev–Trinajstić information content (AvgIpc) is 2.81. The van der Waals surface area contributed by atoms with Crippen LogP contribution in [0.25, 0.3) is 32.9 Å². The summed E-state index contributed by atoms with van der Waals surface area (Å²) < 4.78 is 9.58. The zero-order chi connectivity index (χ0) is 22.1. The number of fused-ring (bicyclic) bond motifs is 3. The van der Waals surface area contributed by atoms with Gasteiger partial charge in [-0.25, -0.2) is 19.6 Å². The Hall–Kier alpha value is -4.40. The van der Waals surface area contributed by atoms with Crippen LogP contribution in [-0.2, 0) is 9.47 Å². The van der Waals surface area contributed by atoms with Gasteiger partial charge in [0.05, 0.1) is 30.2 Å². The molecule has 0 aliphatic rings. The Balaban J connectivity index is 2.04. The van der Waals surface area contributed by atoms with E-state index in [-0.39, 0.29) is 17.1 Å². The summed E-state index contributed by atoms with van der Waals surface area (Å²) in [7, 11) is 2.51. The van der Waals surface area contributed by atoms with E-state index in [0.717, 1.165) is 0 Å². The highest BCUT2D eigenvalue weighted by Crippen LogP contribution is 2.33. The van der Waals surface area contributed by atoms with Crippen LogP contribution in [0.1, 0.15) is 21.0 Å². The SMILES string of the molecule is COC(=O)c1ccc2ccc3c(-c4ccc([N+](=O)[O-])cc4)cc(C(=O)OC)nc3c2n1. The fourth-order valence-corrected chi connectivity index (χ4v) is 3.30. The number of nitro benzene ring substituents is 1. The van der Waals surface area contributed by atoms with Crippen molar-refractivity contribution in [3.05, 3.63) is 76.1 Å². The molecule has 9 heteroatoms. The molecule has 0 saturated carbocycles. The standard InChI is InChI=1S/C22H15N3O6/c1-30-21(26)17-10-6-13-5-9-15-16(12-3-7-14(8-4-12)25(28)29)11-18(22(27)31-2)24-20(15)19(13)23-17/h3-11H,1-2H3. The molecule has 31 heavy (non-hydrogen) atoms. The number of pyridine rings is 2. The second kappa shape index (κ2) is 7.79. The maximum atomic E-state index is 12.3. The predicted molar refractivity (Wildman–Crippen MR) is 112 cm³/mol. The maximum Gasteiger partial charge on any atom is 0.356 e. The molecule has 0 amide bonds. The molecule has 0 unspecified atom stereocenters. The van der Waals surface area contributed by atoms with E-state index >= 15 is 0 Å². The van der Waals surface area contributed by atoms with Crippen LogP contribution < -0.4 is 0 Å². The number of benzene rings is 2. The van der Waals surface area contributed by atoms with Crippen molar-refractivity contribution in [2.75, 3.05) is 14.2 Å². The Morgan fingerprint density at radius 2 is 1.45 bits per heavy atom. The molecule has 2 aromatic carbocycles. The fraction of sp³-hybridized carbons (Fsp3) is 0.0909. The van der Waals surface area contributed by atoms with Gasteiger partial charge in [0, 0.05) is 22.9 Å². The molecule has 2 heterocycles. The first kappa shape index (κ1) is 19.9. The smallest absolute Gasteiger partial charge is 0.356 e. The first-order valence-electron chi connectivity index (χ1n) is 9.09. The molecule has 0 aliphatic carbocycles. The summed E-state index contributed by atoms with van der Waals surface area (Å²) >= 11 is 0. The Kier molecular flexibility index (Phi) is 5.00. The van der Waals surface area contributed by atoms with Crippen LogP contribution in [0.4, 0.5) is 5.69 Å². The molecular weight excluding hydrogens is 402 g/mol. The van der Waals surface area contributed by atoms with Crippen LogP contribution in [0.3, 0.4) is 0 Å². The van der Waals surface area contributed by atoms with Crippen LogP contribution in [0.2, 0.25) is 0 Å². The van der Waals surface area contributed by atoms with Crippen molar-refractivity contribution in [1.82, 2.24) is 9.97 Å². The van der Waals surface area contributed by atoms with Gasteiger partial charge in [0.25, 0.3) is 5.69 Å². The van der Waals surface area contributed by atoms with Gasteiger partial charge < -0.3 is 9.47 Å². The number of esters is 2. The number of carbonyl (C=O) groups is 2. The van der Waals surface area contributed by atoms with Gasteiger partial charge in [-0.1, -0.05) is 18.2 Å². The van der Waals surface area contributed by atoms with E-state index in [1.807, 2.05) is 12.1 Å². The quantitative estimate of drug-likeness (QED) is 0.212. The third-order valence-corrected chi connectivity index (χ3v) is 4.82. The van der Waals surface area contributed by atoms with Crippen molar-refractivity contribution < 1.29 is 24.0 Å². The number of carbonyl (C=O) groups excluding carboxylic acids is 2. The van der Waals surface area contributed by atoms with Gasteiger partial charge in [-0.15, -0.1) is 0 Å². The predicted octanol–water partition coefficient (Wildman–Crippen LogP) is 3.93. The fourth-order valence-electron chi connectivity index (χ4n) is 3.30. The van der Waals surface area contributed by atoms with Crippen LogP contribution >= 0.6 is 0 Å². The number of nitrogens with zero attached hydrogens (tertiary/aromatic N) is 3. The van der Waals surface area contributed by atoms with Crippen molar-refractivity contribution in [1.29, 1.82) is 0 Å². The van der Waals surface area contributed by atoms with Crippen LogP contribution in [0, 0.1) is 10.1 Å². The highest BCUT2D eigenvalue weighted by molar-refractivity contribution is 6.10. The summed E-state index contributed by atoms with van der Waals surface area (Å²) in [4.78, 5) is 43.6. The lowest BCUT2D eigenvalue weighted by Gasteiger charge is -2.11. The highest BCUT2D eigenvalue weighted by atomic mass is 16.6. The van der Waals surface area contributed by atoms with E-state index < -0.39 is 16.9 Å². The summed E-state index contributed by atoms with van der Waals surface area (Å²) in [6, 6.07) is 14.4. The monoisotopic (exact) mass is 417 g/mol.